The smallest absolute Gasteiger partial charge is 0.239 e. The molecular weight excluding hydrogens is 212 g/mol. The molecule has 0 aromatic heterocycles. The van der Waals surface area contributed by atoms with Crippen LogP contribution in [-0.4, -0.2) is 36.5 Å². The van der Waals surface area contributed by atoms with Gasteiger partial charge in [0, 0.05) is 12.6 Å². The zero-order valence-electron chi connectivity index (χ0n) is 11.5. The maximum atomic E-state index is 12.3. The van der Waals surface area contributed by atoms with Crippen LogP contribution in [0.1, 0.15) is 52.4 Å². The van der Waals surface area contributed by atoms with Crippen molar-refractivity contribution in [2.24, 2.45) is 5.41 Å². The van der Waals surface area contributed by atoms with Crippen LogP contribution in [0.2, 0.25) is 0 Å². The molecule has 0 aromatic rings. The Morgan fingerprint density at radius 3 is 2.71 bits per heavy atom. The van der Waals surface area contributed by atoms with Gasteiger partial charge >= 0.3 is 0 Å². The fourth-order valence-electron chi connectivity index (χ4n) is 3.45. The van der Waals surface area contributed by atoms with Crippen molar-refractivity contribution in [1.29, 1.82) is 0 Å². The number of amides is 1. The molecule has 0 bridgehead atoms. The molecule has 1 amide bonds. The highest BCUT2D eigenvalue weighted by Gasteiger charge is 2.37. The van der Waals surface area contributed by atoms with Crippen molar-refractivity contribution in [3.63, 3.8) is 0 Å². The predicted octanol–water partition coefficient (Wildman–Crippen LogP) is 2.17. The first-order valence-electron chi connectivity index (χ1n) is 7.01. The molecule has 2 unspecified atom stereocenters. The van der Waals surface area contributed by atoms with Gasteiger partial charge in [0.2, 0.25) is 5.91 Å². The van der Waals surface area contributed by atoms with E-state index in [4.69, 9.17) is 0 Å². The topological polar surface area (TPSA) is 32.3 Å². The third kappa shape index (κ3) is 2.82. The summed E-state index contributed by atoms with van der Waals surface area (Å²) in [5, 5.41) is 3.15. The molecule has 1 aliphatic heterocycles. The first kappa shape index (κ1) is 12.9. The number of nitrogens with zero attached hydrogens (tertiary/aromatic N) is 1. The van der Waals surface area contributed by atoms with E-state index in [1.54, 1.807) is 0 Å². The van der Waals surface area contributed by atoms with Crippen molar-refractivity contribution in [3.05, 3.63) is 0 Å². The summed E-state index contributed by atoms with van der Waals surface area (Å²) in [6, 6.07) is 0.552. The Kier molecular flexibility index (Phi) is 3.76. The zero-order chi connectivity index (χ0) is 12.5. The molecule has 3 heteroatoms. The summed E-state index contributed by atoms with van der Waals surface area (Å²) >= 11 is 0. The Morgan fingerprint density at radius 1 is 1.29 bits per heavy atom. The molecule has 3 nitrogen and oxygen atoms in total. The highest BCUT2D eigenvalue weighted by molar-refractivity contribution is 5.82. The minimum atomic E-state index is 0.0637. The first-order chi connectivity index (χ1) is 8.03. The highest BCUT2D eigenvalue weighted by atomic mass is 16.2. The van der Waals surface area contributed by atoms with Gasteiger partial charge < -0.3 is 10.2 Å². The summed E-state index contributed by atoms with van der Waals surface area (Å²) in [7, 11) is 1.90. The average Bonchev–Trinajstić information content (AvgIpc) is 2.28. The molecule has 1 aliphatic carbocycles. The molecule has 98 valence electrons. The van der Waals surface area contributed by atoms with Crippen molar-refractivity contribution < 1.29 is 4.79 Å². The van der Waals surface area contributed by atoms with Crippen molar-refractivity contribution in [3.8, 4) is 0 Å². The Morgan fingerprint density at radius 2 is 2.06 bits per heavy atom. The Bertz CT molecular complexity index is 288. The van der Waals surface area contributed by atoms with E-state index in [0.717, 1.165) is 19.4 Å². The largest absolute Gasteiger partial charge is 0.338 e. The van der Waals surface area contributed by atoms with Gasteiger partial charge in [0.25, 0.3) is 0 Å². The van der Waals surface area contributed by atoms with Crippen LogP contribution < -0.4 is 5.32 Å². The van der Waals surface area contributed by atoms with Gasteiger partial charge in [-0.15, -0.1) is 0 Å². The molecule has 2 atom stereocenters. The minimum absolute atomic E-state index is 0.0637. The summed E-state index contributed by atoms with van der Waals surface area (Å²) in [5.74, 6) is 0.335. The molecular formula is C14H26N2O. The van der Waals surface area contributed by atoms with E-state index in [1.165, 1.54) is 25.7 Å². The fraction of sp³-hybridized carbons (Fsp3) is 0.929. The molecule has 2 aliphatic rings. The molecule has 1 saturated heterocycles. The van der Waals surface area contributed by atoms with Crippen LogP contribution in [0.3, 0.4) is 0 Å². The summed E-state index contributed by atoms with van der Waals surface area (Å²) in [6.07, 6.45) is 7.10. The summed E-state index contributed by atoms with van der Waals surface area (Å²) in [5.41, 5.74) is 0.412. The second-order valence-electron chi connectivity index (χ2n) is 6.43. The van der Waals surface area contributed by atoms with E-state index >= 15 is 0 Å². The van der Waals surface area contributed by atoms with Crippen molar-refractivity contribution in [2.45, 2.75) is 64.5 Å². The van der Waals surface area contributed by atoms with Gasteiger partial charge in [0.05, 0.1) is 6.04 Å². The molecule has 1 N–H and O–H groups in total. The molecule has 0 spiro atoms. The number of piperidine rings is 1. The van der Waals surface area contributed by atoms with E-state index in [2.05, 4.69) is 24.1 Å². The number of likely N-dealkylation sites (tertiary alicyclic amines) is 1. The van der Waals surface area contributed by atoms with Gasteiger partial charge in [0.15, 0.2) is 0 Å². The summed E-state index contributed by atoms with van der Waals surface area (Å²) < 4.78 is 0. The second kappa shape index (κ2) is 4.97. The van der Waals surface area contributed by atoms with Crippen LogP contribution >= 0.6 is 0 Å². The standard InChI is InChI=1S/C14H26N2O/c1-14(2)8-4-6-11(10-14)16-9-5-7-12(15-3)13(16)17/h11-12,15H,4-10H2,1-3H3. The predicted molar refractivity (Wildman–Crippen MR) is 69.8 cm³/mol. The lowest BCUT2D eigenvalue weighted by Gasteiger charge is -2.44. The van der Waals surface area contributed by atoms with E-state index in [1.807, 2.05) is 7.05 Å². The Balaban J connectivity index is 2.03. The fourth-order valence-corrected chi connectivity index (χ4v) is 3.45. The van der Waals surface area contributed by atoms with Crippen LogP contribution in [0.25, 0.3) is 0 Å². The van der Waals surface area contributed by atoms with E-state index in [0.29, 0.717) is 17.4 Å². The lowest BCUT2D eigenvalue weighted by Crippen LogP contribution is -2.54. The van der Waals surface area contributed by atoms with Gasteiger partial charge in [-0.1, -0.05) is 20.3 Å². The van der Waals surface area contributed by atoms with Crippen LogP contribution in [0, 0.1) is 5.41 Å². The summed E-state index contributed by atoms with van der Waals surface area (Å²) in [4.78, 5) is 14.5. The monoisotopic (exact) mass is 238 g/mol. The SMILES string of the molecule is CNC1CCCN(C2CCCC(C)(C)C2)C1=O. The van der Waals surface area contributed by atoms with E-state index in [9.17, 15) is 4.79 Å². The number of rotatable bonds is 2. The highest BCUT2D eigenvalue weighted by Crippen LogP contribution is 2.38. The third-order valence-corrected chi connectivity index (χ3v) is 4.44. The van der Waals surface area contributed by atoms with Crippen molar-refractivity contribution in [2.75, 3.05) is 13.6 Å². The van der Waals surface area contributed by atoms with Crippen LogP contribution in [0.4, 0.5) is 0 Å². The summed E-state index contributed by atoms with van der Waals surface area (Å²) in [6.45, 7) is 5.64. The van der Waals surface area contributed by atoms with E-state index in [-0.39, 0.29) is 6.04 Å². The van der Waals surface area contributed by atoms with Crippen molar-refractivity contribution >= 4 is 5.91 Å². The number of likely N-dealkylation sites (N-methyl/N-ethyl adjacent to an activating group) is 1. The van der Waals surface area contributed by atoms with Gasteiger partial charge in [-0.3, -0.25) is 4.79 Å². The number of carbonyl (C=O) groups is 1. The van der Waals surface area contributed by atoms with Crippen LogP contribution in [-0.2, 0) is 4.79 Å². The molecule has 2 fully saturated rings. The van der Waals surface area contributed by atoms with Crippen LogP contribution in [0.5, 0.6) is 0 Å². The maximum absolute atomic E-state index is 12.3. The van der Waals surface area contributed by atoms with Crippen LogP contribution in [0.15, 0.2) is 0 Å². The Hall–Kier alpha value is -0.570. The second-order valence-corrected chi connectivity index (χ2v) is 6.43. The lowest BCUT2D eigenvalue weighted by molar-refractivity contribution is -0.139. The number of hydrogen-bond acceptors (Lipinski definition) is 2. The van der Waals surface area contributed by atoms with E-state index < -0.39 is 0 Å². The molecule has 0 radical (unpaired) electrons. The number of hydrogen-bond donors (Lipinski definition) is 1. The van der Waals surface area contributed by atoms with Gasteiger partial charge in [-0.2, -0.15) is 0 Å². The normalized spacial score (nSPS) is 33.8. The number of nitrogens with one attached hydrogen (secondary N) is 1. The molecule has 1 heterocycles. The quantitative estimate of drug-likeness (QED) is 0.799. The van der Waals surface area contributed by atoms with Gasteiger partial charge in [-0.05, 0) is 44.6 Å². The molecule has 17 heavy (non-hydrogen) atoms. The van der Waals surface area contributed by atoms with Crippen molar-refractivity contribution in [1.82, 2.24) is 10.2 Å². The average molecular weight is 238 g/mol. The molecule has 1 saturated carbocycles. The molecule has 0 aromatic carbocycles. The minimum Gasteiger partial charge on any atom is -0.338 e. The zero-order valence-corrected chi connectivity index (χ0v) is 11.5. The maximum Gasteiger partial charge on any atom is 0.239 e. The Labute approximate surface area is 105 Å². The van der Waals surface area contributed by atoms with Gasteiger partial charge in [-0.25, -0.2) is 0 Å². The lowest BCUT2D eigenvalue weighted by atomic mass is 9.74. The molecule has 2 rings (SSSR count). The first-order valence-corrected chi connectivity index (χ1v) is 7.01. The van der Waals surface area contributed by atoms with Gasteiger partial charge in [0.1, 0.15) is 0 Å². The number of carbonyl (C=O) groups excluding carboxylic acids is 1. The third-order valence-electron chi connectivity index (χ3n) is 4.44.